The van der Waals surface area contributed by atoms with Crippen molar-refractivity contribution in [3.63, 3.8) is 0 Å². The van der Waals surface area contributed by atoms with Crippen LogP contribution >= 0.6 is 0 Å². The van der Waals surface area contributed by atoms with Crippen molar-refractivity contribution >= 4 is 11.9 Å². The number of carbonyl (C=O) groups excluding carboxylic acids is 2. The highest BCUT2D eigenvalue weighted by atomic mass is 16.5. The minimum Gasteiger partial charge on any atom is -0.550 e. The van der Waals surface area contributed by atoms with Crippen LogP contribution in [0.5, 0.6) is 0 Å². The molecular weight excluding hydrogens is 210 g/mol. The van der Waals surface area contributed by atoms with E-state index in [0.717, 1.165) is 0 Å². The summed E-state index contributed by atoms with van der Waals surface area (Å²) >= 11 is 0. The van der Waals surface area contributed by atoms with Crippen molar-refractivity contribution in [1.82, 2.24) is 0 Å². The van der Waals surface area contributed by atoms with Gasteiger partial charge in [-0.3, -0.25) is 4.79 Å². The zero-order chi connectivity index (χ0) is 12.6. The Morgan fingerprint density at radius 1 is 1.31 bits per heavy atom. The Kier molecular flexibility index (Phi) is 6.41. The number of carbonyl (C=O) groups is 2. The fraction of sp³-hybridized carbons (Fsp3) is 0.636. The number of carboxylic acids is 1. The van der Waals surface area contributed by atoms with E-state index < -0.39 is 5.97 Å². The second-order valence-electron chi connectivity index (χ2n) is 4.23. The fourth-order valence-corrected chi connectivity index (χ4v) is 1.12. The zero-order valence-corrected chi connectivity index (χ0v) is 9.90. The lowest BCUT2D eigenvalue weighted by Gasteiger charge is -2.29. The van der Waals surface area contributed by atoms with Crippen LogP contribution in [-0.4, -0.2) is 50.2 Å². The Balaban J connectivity index is 3.83. The molecule has 0 fully saturated rings. The quantitative estimate of drug-likeness (QED) is 0.314. The summed E-state index contributed by atoms with van der Waals surface area (Å²) in [5.74, 6) is -1.36. The first-order valence-corrected chi connectivity index (χ1v) is 5.16. The van der Waals surface area contributed by atoms with Crippen LogP contribution in [0, 0.1) is 0 Å². The third-order valence-corrected chi connectivity index (χ3v) is 2.20. The molecule has 0 saturated carbocycles. The summed E-state index contributed by atoms with van der Waals surface area (Å²) in [6.07, 6.45) is 1.77. The van der Waals surface area contributed by atoms with Crippen LogP contribution in [0.3, 0.4) is 0 Å². The van der Waals surface area contributed by atoms with Gasteiger partial charge in [0.1, 0.15) is 6.61 Å². The molecule has 0 rings (SSSR count). The van der Waals surface area contributed by atoms with Gasteiger partial charge >= 0.3 is 5.97 Å². The van der Waals surface area contributed by atoms with Gasteiger partial charge in [0.15, 0.2) is 0 Å². The average Bonchev–Trinajstić information content (AvgIpc) is 2.21. The standard InChI is InChI=1S/C11H19NO4/c1-4-9-16-11(15)6-8-12(2,3)7-5-10(13)14/h4H,1,5-9H2,2-3H3. The highest BCUT2D eigenvalue weighted by molar-refractivity contribution is 5.69. The topological polar surface area (TPSA) is 66.4 Å². The maximum Gasteiger partial charge on any atom is 0.311 e. The molecule has 0 aromatic carbocycles. The SMILES string of the molecule is C=CCOC(=O)CC[N+](C)(C)CCC(=O)[O-]. The van der Waals surface area contributed by atoms with E-state index in [4.69, 9.17) is 4.74 Å². The third kappa shape index (κ3) is 7.99. The van der Waals surface area contributed by atoms with Gasteiger partial charge in [0.05, 0.1) is 33.6 Å². The normalized spacial score (nSPS) is 10.9. The summed E-state index contributed by atoms with van der Waals surface area (Å²) in [5, 5.41) is 10.3. The van der Waals surface area contributed by atoms with Crippen LogP contribution in [0.1, 0.15) is 12.8 Å². The summed E-state index contributed by atoms with van der Waals surface area (Å²) in [4.78, 5) is 21.5. The largest absolute Gasteiger partial charge is 0.550 e. The van der Waals surface area contributed by atoms with E-state index in [1.54, 1.807) is 0 Å². The Bertz CT molecular complexity index is 261. The number of aliphatic carboxylic acids is 1. The third-order valence-electron chi connectivity index (χ3n) is 2.20. The number of quaternary nitrogens is 1. The van der Waals surface area contributed by atoms with Gasteiger partial charge in [-0.05, 0) is 0 Å². The molecule has 5 heteroatoms. The highest BCUT2D eigenvalue weighted by Gasteiger charge is 2.17. The molecule has 0 N–H and O–H groups in total. The van der Waals surface area contributed by atoms with E-state index in [1.165, 1.54) is 6.08 Å². The zero-order valence-electron chi connectivity index (χ0n) is 9.90. The van der Waals surface area contributed by atoms with Gasteiger partial charge < -0.3 is 19.1 Å². The van der Waals surface area contributed by atoms with E-state index in [2.05, 4.69) is 6.58 Å². The molecule has 16 heavy (non-hydrogen) atoms. The highest BCUT2D eigenvalue weighted by Crippen LogP contribution is 2.02. The molecule has 0 aliphatic carbocycles. The van der Waals surface area contributed by atoms with Crippen molar-refractivity contribution in [3.8, 4) is 0 Å². The Morgan fingerprint density at radius 3 is 2.38 bits per heavy atom. The van der Waals surface area contributed by atoms with Crippen molar-refractivity contribution in [2.45, 2.75) is 12.8 Å². The number of carboxylic acid groups (broad SMARTS) is 1. The lowest BCUT2D eigenvalue weighted by molar-refractivity contribution is -0.889. The molecule has 0 aromatic heterocycles. The molecule has 0 aliphatic rings. The average molecular weight is 229 g/mol. The summed E-state index contributed by atoms with van der Waals surface area (Å²) in [5.41, 5.74) is 0. The van der Waals surface area contributed by atoms with E-state index in [9.17, 15) is 14.7 Å². The number of nitrogens with zero attached hydrogens (tertiary/aromatic N) is 1. The maximum absolute atomic E-state index is 11.2. The Morgan fingerprint density at radius 2 is 1.88 bits per heavy atom. The van der Waals surface area contributed by atoms with Crippen molar-refractivity contribution in [1.29, 1.82) is 0 Å². The van der Waals surface area contributed by atoms with Crippen LogP contribution in [0.15, 0.2) is 12.7 Å². The smallest absolute Gasteiger partial charge is 0.311 e. The van der Waals surface area contributed by atoms with Crippen molar-refractivity contribution in [2.24, 2.45) is 0 Å². The lowest BCUT2D eigenvalue weighted by atomic mass is 10.3. The van der Waals surface area contributed by atoms with Gasteiger partial charge in [-0.1, -0.05) is 12.7 Å². The Labute approximate surface area is 95.9 Å². The first-order chi connectivity index (χ1) is 7.37. The molecule has 0 radical (unpaired) electrons. The molecule has 0 saturated heterocycles. The van der Waals surface area contributed by atoms with Gasteiger partial charge in [-0.15, -0.1) is 0 Å². The molecule has 0 spiro atoms. The maximum atomic E-state index is 11.2. The minimum absolute atomic E-state index is 0.00525. The van der Waals surface area contributed by atoms with E-state index >= 15 is 0 Å². The van der Waals surface area contributed by atoms with E-state index in [1.807, 2.05) is 14.1 Å². The monoisotopic (exact) mass is 229 g/mol. The van der Waals surface area contributed by atoms with Crippen molar-refractivity contribution in [2.75, 3.05) is 33.8 Å². The first kappa shape index (κ1) is 14.6. The van der Waals surface area contributed by atoms with Crippen LogP contribution < -0.4 is 5.11 Å². The summed E-state index contributed by atoms with van der Waals surface area (Å²) < 4.78 is 5.27. The number of hydrogen-bond donors (Lipinski definition) is 0. The summed E-state index contributed by atoms with van der Waals surface area (Å²) in [7, 11) is 3.73. The van der Waals surface area contributed by atoms with Crippen LogP contribution in [0.2, 0.25) is 0 Å². The Hall–Kier alpha value is -1.36. The van der Waals surface area contributed by atoms with Gasteiger partial charge in [-0.25, -0.2) is 0 Å². The van der Waals surface area contributed by atoms with E-state index in [0.29, 0.717) is 17.6 Å². The first-order valence-electron chi connectivity index (χ1n) is 5.16. The molecule has 0 atom stereocenters. The van der Waals surface area contributed by atoms with E-state index in [-0.39, 0.29) is 25.4 Å². The molecule has 0 amide bonds. The summed E-state index contributed by atoms with van der Waals surface area (Å²) in [6.45, 7) is 4.64. The summed E-state index contributed by atoms with van der Waals surface area (Å²) in [6, 6.07) is 0. The molecule has 0 bridgehead atoms. The van der Waals surface area contributed by atoms with Crippen molar-refractivity contribution in [3.05, 3.63) is 12.7 Å². The van der Waals surface area contributed by atoms with Crippen LogP contribution in [0.25, 0.3) is 0 Å². The second-order valence-corrected chi connectivity index (χ2v) is 4.23. The second kappa shape index (κ2) is 7.00. The number of rotatable bonds is 8. The molecular formula is C11H19NO4. The molecule has 0 aliphatic heterocycles. The lowest BCUT2D eigenvalue weighted by Crippen LogP contribution is -2.44. The minimum atomic E-state index is -1.07. The molecule has 5 nitrogen and oxygen atoms in total. The number of ether oxygens (including phenoxy) is 1. The molecule has 0 heterocycles. The van der Waals surface area contributed by atoms with Gasteiger partial charge in [0.2, 0.25) is 0 Å². The van der Waals surface area contributed by atoms with Gasteiger partial charge in [0, 0.05) is 12.4 Å². The number of esters is 1. The fourth-order valence-electron chi connectivity index (χ4n) is 1.12. The molecule has 0 unspecified atom stereocenters. The van der Waals surface area contributed by atoms with Crippen LogP contribution in [0.4, 0.5) is 0 Å². The van der Waals surface area contributed by atoms with Crippen molar-refractivity contribution < 1.29 is 23.9 Å². The van der Waals surface area contributed by atoms with Crippen LogP contribution in [-0.2, 0) is 14.3 Å². The molecule has 0 aromatic rings. The van der Waals surface area contributed by atoms with Gasteiger partial charge in [-0.2, -0.15) is 0 Å². The number of hydrogen-bond acceptors (Lipinski definition) is 4. The predicted octanol–water partition coefficient (Wildman–Crippen LogP) is -0.678. The van der Waals surface area contributed by atoms with Gasteiger partial charge in [0.25, 0.3) is 0 Å². The predicted molar refractivity (Wildman–Crippen MR) is 57.2 cm³/mol. The molecule has 92 valence electrons.